The molecule has 0 bridgehead atoms. The standard InChI is InChI=1S/C22H28N2O4S/c1-6-27-20(25)17-18(15-9-7-14(2)8-10-15)29-19(23-17)16-11-12-24(13-16)21(26)28-22(3,4)5/h7-10,16H,6,11-13H2,1-5H3. The largest absolute Gasteiger partial charge is 0.461 e. The van der Waals surface area contributed by atoms with Crippen molar-refractivity contribution in [1.29, 1.82) is 0 Å². The Morgan fingerprint density at radius 2 is 1.93 bits per heavy atom. The summed E-state index contributed by atoms with van der Waals surface area (Å²) in [4.78, 5) is 32.0. The number of hydrogen-bond donors (Lipinski definition) is 0. The molecule has 1 aromatic heterocycles. The Kier molecular flexibility index (Phi) is 6.27. The average molecular weight is 417 g/mol. The molecule has 1 atom stereocenters. The summed E-state index contributed by atoms with van der Waals surface area (Å²) >= 11 is 1.51. The van der Waals surface area contributed by atoms with Crippen LogP contribution in [0.4, 0.5) is 4.79 Å². The Labute approximate surface area is 175 Å². The molecule has 3 rings (SSSR count). The van der Waals surface area contributed by atoms with Gasteiger partial charge in [-0.1, -0.05) is 29.8 Å². The van der Waals surface area contributed by atoms with Crippen LogP contribution in [0.5, 0.6) is 0 Å². The van der Waals surface area contributed by atoms with Crippen molar-refractivity contribution in [2.45, 2.75) is 52.6 Å². The lowest BCUT2D eigenvalue weighted by Crippen LogP contribution is -2.35. The molecule has 0 saturated carbocycles. The molecule has 0 radical (unpaired) electrons. The van der Waals surface area contributed by atoms with Gasteiger partial charge in [0.2, 0.25) is 0 Å². The normalized spacial score (nSPS) is 16.7. The van der Waals surface area contributed by atoms with E-state index < -0.39 is 11.6 Å². The molecule has 1 saturated heterocycles. The number of thiazole rings is 1. The first-order chi connectivity index (χ1) is 13.7. The van der Waals surface area contributed by atoms with Crippen LogP contribution in [0.25, 0.3) is 10.4 Å². The number of carbonyl (C=O) groups excluding carboxylic acids is 2. The number of esters is 1. The Bertz CT molecular complexity index is 883. The molecule has 156 valence electrons. The topological polar surface area (TPSA) is 68.7 Å². The van der Waals surface area contributed by atoms with Crippen LogP contribution in [0.2, 0.25) is 0 Å². The Morgan fingerprint density at radius 3 is 2.55 bits per heavy atom. The first-order valence-electron chi connectivity index (χ1n) is 9.90. The van der Waals surface area contributed by atoms with Crippen molar-refractivity contribution < 1.29 is 19.1 Å². The van der Waals surface area contributed by atoms with Crippen molar-refractivity contribution in [3.05, 3.63) is 40.5 Å². The van der Waals surface area contributed by atoms with Gasteiger partial charge in [0, 0.05) is 19.0 Å². The number of benzene rings is 1. The molecular weight excluding hydrogens is 388 g/mol. The SMILES string of the molecule is CCOC(=O)c1nc(C2CCN(C(=O)OC(C)(C)C)C2)sc1-c1ccc(C)cc1. The summed E-state index contributed by atoms with van der Waals surface area (Å²) in [6.45, 7) is 10.8. The van der Waals surface area contributed by atoms with Crippen molar-refractivity contribution >= 4 is 23.4 Å². The zero-order chi connectivity index (χ0) is 21.2. The molecule has 1 aliphatic rings. The van der Waals surface area contributed by atoms with E-state index in [1.807, 2.05) is 52.0 Å². The molecule has 1 fully saturated rings. The van der Waals surface area contributed by atoms with Crippen LogP contribution in [-0.4, -0.2) is 47.2 Å². The minimum atomic E-state index is -0.522. The van der Waals surface area contributed by atoms with Crippen molar-refractivity contribution in [3.8, 4) is 10.4 Å². The number of nitrogens with zero attached hydrogens (tertiary/aromatic N) is 2. The molecule has 0 spiro atoms. The van der Waals surface area contributed by atoms with Crippen LogP contribution < -0.4 is 0 Å². The Morgan fingerprint density at radius 1 is 1.24 bits per heavy atom. The second kappa shape index (κ2) is 8.53. The lowest BCUT2D eigenvalue weighted by molar-refractivity contribution is 0.0292. The van der Waals surface area contributed by atoms with E-state index in [2.05, 4.69) is 4.98 Å². The van der Waals surface area contributed by atoms with Crippen LogP contribution in [0.3, 0.4) is 0 Å². The van der Waals surface area contributed by atoms with Gasteiger partial charge in [-0.2, -0.15) is 0 Å². The summed E-state index contributed by atoms with van der Waals surface area (Å²) in [7, 11) is 0. The molecule has 1 unspecified atom stereocenters. The van der Waals surface area contributed by atoms with Gasteiger partial charge in [-0.05, 0) is 46.6 Å². The molecule has 6 nitrogen and oxygen atoms in total. The van der Waals surface area contributed by atoms with Crippen molar-refractivity contribution in [2.75, 3.05) is 19.7 Å². The highest BCUT2D eigenvalue weighted by Crippen LogP contribution is 2.37. The fraction of sp³-hybridized carbons (Fsp3) is 0.500. The second-order valence-corrected chi connectivity index (χ2v) is 9.26. The number of hydrogen-bond acceptors (Lipinski definition) is 6. The van der Waals surface area contributed by atoms with Gasteiger partial charge in [-0.3, -0.25) is 0 Å². The highest BCUT2D eigenvalue weighted by molar-refractivity contribution is 7.15. The molecule has 1 amide bonds. The van der Waals surface area contributed by atoms with E-state index in [9.17, 15) is 9.59 Å². The number of ether oxygens (including phenoxy) is 2. The maximum Gasteiger partial charge on any atom is 0.410 e. The lowest BCUT2D eigenvalue weighted by Gasteiger charge is -2.24. The molecule has 2 aromatic rings. The number of amides is 1. The zero-order valence-electron chi connectivity index (χ0n) is 17.7. The number of aryl methyl sites for hydroxylation is 1. The van der Waals surface area contributed by atoms with Crippen LogP contribution in [-0.2, 0) is 9.47 Å². The predicted octanol–water partition coefficient (Wildman–Crippen LogP) is 5.02. The number of carbonyl (C=O) groups is 2. The number of likely N-dealkylation sites (tertiary alicyclic amines) is 1. The van der Waals surface area contributed by atoms with Gasteiger partial charge in [-0.15, -0.1) is 11.3 Å². The molecule has 7 heteroatoms. The molecule has 1 aliphatic heterocycles. The maximum absolute atomic E-state index is 12.5. The van der Waals surface area contributed by atoms with Crippen LogP contribution in [0.15, 0.2) is 24.3 Å². The fourth-order valence-electron chi connectivity index (χ4n) is 3.20. The molecule has 1 aromatic carbocycles. The summed E-state index contributed by atoms with van der Waals surface area (Å²) in [5.41, 5.74) is 1.93. The maximum atomic E-state index is 12.5. The van der Waals surface area contributed by atoms with Gasteiger partial charge >= 0.3 is 12.1 Å². The summed E-state index contributed by atoms with van der Waals surface area (Å²) < 4.78 is 10.7. The summed E-state index contributed by atoms with van der Waals surface area (Å²) in [6.07, 6.45) is 0.489. The number of rotatable bonds is 4. The molecule has 29 heavy (non-hydrogen) atoms. The first kappa shape index (κ1) is 21.3. The fourth-order valence-corrected chi connectivity index (χ4v) is 4.39. The third-order valence-electron chi connectivity index (χ3n) is 4.62. The lowest BCUT2D eigenvalue weighted by atomic mass is 10.1. The third kappa shape index (κ3) is 5.15. The van der Waals surface area contributed by atoms with Crippen LogP contribution in [0, 0.1) is 6.92 Å². The van der Waals surface area contributed by atoms with E-state index in [0.29, 0.717) is 25.4 Å². The van der Waals surface area contributed by atoms with Gasteiger partial charge in [-0.25, -0.2) is 14.6 Å². The summed E-state index contributed by atoms with van der Waals surface area (Å²) in [5, 5.41) is 0.856. The minimum absolute atomic E-state index is 0.0832. The monoisotopic (exact) mass is 416 g/mol. The van der Waals surface area contributed by atoms with Crippen LogP contribution in [0.1, 0.15) is 61.1 Å². The van der Waals surface area contributed by atoms with E-state index >= 15 is 0 Å². The third-order valence-corrected chi connectivity index (χ3v) is 5.88. The van der Waals surface area contributed by atoms with E-state index in [1.165, 1.54) is 11.3 Å². The van der Waals surface area contributed by atoms with E-state index in [4.69, 9.17) is 9.47 Å². The minimum Gasteiger partial charge on any atom is -0.461 e. The van der Waals surface area contributed by atoms with Gasteiger partial charge < -0.3 is 14.4 Å². The van der Waals surface area contributed by atoms with E-state index in [0.717, 1.165) is 27.4 Å². The van der Waals surface area contributed by atoms with Gasteiger partial charge in [0.15, 0.2) is 5.69 Å². The Balaban J connectivity index is 1.85. The quantitative estimate of drug-likeness (QED) is 0.655. The van der Waals surface area contributed by atoms with Crippen molar-refractivity contribution in [3.63, 3.8) is 0 Å². The smallest absolute Gasteiger partial charge is 0.410 e. The molecule has 0 N–H and O–H groups in total. The van der Waals surface area contributed by atoms with E-state index in [1.54, 1.807) is 11.8 Å². The molecule has 2 heterocycles. The Hall–Kier alpha value is -2.41. The second-order valence-electron chi connectivity index (χ2n) is 8.23. The van der Waals surface area contributed by atoms with Crippen LogP contribution >= 0.6 is 11.3 Å². The zero-order valence-corrected chi connectivity index (χ0v) is 18.5. The van der Waals surface area contributed by atoms with Crippen molar-refractivity contribution in [2.24, 2.45) is 0 Å². The molecular formula is C22H28N2O4S. The average Bonchev–Trinajstić information content (AvgIpc) is 3.28. The van der Waals surface area contributed by atoms with Gasteiger partial charge in [0.1, 0.15) is 5.60 Å². The first-order valence-corrected chi connectivity index (χ1v) is 10.7. The van der Waals surface area contributed by atoms with Crippen molar-refractivity contribution in [1.82, 2.24) is 9.88 Å². The van der Waals surface area contributed by atoms with Gasteiger partial charge in [0.05, 0.1) is 16.5 Å². The summed E-state index contributed by atoms with van der Waals surface area (Å²) in [5.74, 6) is -0.326. The summed E-state index contributed by atoms with van der Waals surface area (Å²) in [6, 6.07) is 8.03. The molecule has 0 aliphatic carbocycles. The van der Waals surface area contributed by atoms with Gasteiger partial charge in [0.25, 0.3) is 0 Å². The predicted molar refractivity (Wildman–Crippen MR) is 113 cm³/mol. The highest BCUT2D eigenvalue weighted by atomic mass is 32.1. The van der Waals surface area contributed by atoms with E-state index in [-0.39, 0.29) is 12.0 Å². The number of aromatic nitrogens is 1. The highest BCUT2D eigenvalue weighted by Gasteiger charge is 2.33.